The molecular formula is C13H14N2O3. The first-order valence-corrected chi connectivity index (χ1v) is 5.73. The predicted molar refractivity (Wildman–Crippen MR) is 64.7 cm³/mol. The molecule has 0 aliphatic carbocycles. The topological polar surface area (TPSA) is 73.7 Å². The molecule has 1 aliphatic heterocycles. The fourth-order valence-corrected chi connectivity index (χ4v) is 1.91. The molecule has 1 atom stereocenters. The SMILES string of the molecule is O=C(c1ccncc1C#CCO)N1CCC(O)C1. The molecule has 18 heavy (non-hydrogen) atoms. The standard InChI is InChI=1S/C13H14N2O3/c16-7-1-2-10-8-14-5-3-12(10)13(18)15-6-4-11(17)9-15/h3,5,8,11,16-17H,4,6-7,9H2. The predicted octanol–water partition coefficient (Wildman–Crippen LogP) is -0.368. The van der Waals surface area contributed by atoms with E-state index in [1.165, 1.54) is 12.4 Å². The number of hydrogen-bond donors (Lipinski definition) is 2. The van der Waals surface area contributed by atoms with Crippen LogP contribution in [0.3, 0.4) is 0 Å². The van der Waals surface area contributed by atoms with Gasteiger partial charge in [0.05, 0.1) is 17.2 Å². The molecule has 2 rings (SSSR count). The number of pyridine rings is 1. The van der Waals surface area contributed by atoms with Gasteiger partial charge in [0, 0.05) is 25.5 Å². The van der Waals surface area contributed by atoms with Gasteiger partial charge in [-0.3, -0.25) is 9.78 Å². The van der Waals surface area contributed by atoms with Gasteiger partial charge in [0.15, 0.2) is 0 Å². The highest BCUT2D eigenvalue weighted by molar-refractivity contribution is 5.96. The van der Waals surface area contributed by atoms with Crippen LogP contribution in [0, 0.1) is 11.8 Å². The fraction of sp³-hybridized carbons (Fsp3) is 0.385. The highest BCUT2D eigenvalue weighted by Gasteiger charge is 2.26. The van der Waals surface area contributed by atoms with Crippen LogP contribution < -0.4 is 0 Å². The van der Waals surface area contributed by atoms with E-state index in [9.17, 15) is 9.90 Å². The van der Waals surface area contributed by atoms with E-state index in [1.807, 2.05) is 0 Å². The second kappa shape index (κ2) is 5.63. The molecule has 1 fully saturated rings. The summed E-state index contributed by atoms with van der Waals surface area (Å²) < 4.78 is 0. The Balaban J connectivity index is 2.24. The van der Waals surface area contributed by atoms with E-state index in [0.717, 1.165) is 0 Å². The minimum absolute atomic E-state index is 0.156. The second-order valence-corrected chi connectivity index (χ2v) is 4.07. The van der Waals surface area contributed by atoms with Crippen LogP contribution in [0.2, 0.25) is 0 Å². The van der Waals surface area contributed by atoms with Crippen molar-refractivity contribution in [2.45, 2.75) is 12.5 Å². The normalized spacial score (nSPS) is 18.3. The smallest absolute Gasteiger partial charge is 0.255 e. The molecule has 1 saturated heterocycles. The number of likely N-dealkylation sites (tertiary alicyclic amines) is 1. The third kappa shape index (κ3) is 2.67. The molecule has 2 N–H and O–H groups in total. The van der Waals surface area contributed by atoms with E-state index in [-0.39, 0.29) is 12.5 Å². The Morgan fingerprint density at radius 3 is 3.11 bits per heavy atom. The van der Waals surface area contributed by atoms with Gasteiger partial charge in [-0.15, -0.1) is 0 Å². The molecule has 0 aromatic carbocycles. The maximum atomic E-state index is 12.2. The lowest BCUT2D eigenvalue weighted by atomic mass is 10.1. The van der Waals surface area contributed by atoms with Gasteiger partial charge >= 0.3 is 0 Å². The maximum Gasteiger partial charge on any atom is 0.255 e. The number of β-amino-alcohol motifs (C(OH)–C–C–N with tert-alkyl or cyclic N) is 1. The molecule has 1 amide bonds. The minimum atomic E-state index is -0.442. The van der Waals surface area contributed by atoms with Crippen molar-refractivity contribution in [1.29, 1.82) is 0 Å². The molecule has 0 saturated carbocycles. The van der Waals surface area contributed by atoms with Gasteiger partial charge in [0.1, 0.15) is 6.61 Å². The van der Waals surface area contributed by atoms with Crippen molar-refractivity contribution in [2.75, 3.05) is 19.7 Å². The average Bonchev–Trinajstić information content (AvgIpc) is 2.82. The summed E-state index contributed by atoms with van der Waals surface area (Å²) in [5, 5.41) is 18.1. The summed E-state index contributed by atoms with van der Waals surface area (Å²) in [6.45, 7) is 0.647. The Hall–Kier alpha value is -1.90. The summed E-state index contributed by atoms with van der Waals surface area (Å²) in [6, 6.07) is 1.61. The van der Waals surface area contributed by atoms with Crippen LogP contribution >= 0.6 is 0 Å². The average molecular weight is 246 g/mol. The third-order valence-corrected chi connectivity index (χ3v) is 2.80. The highest BCUT2D eigenvalue weighted by atomic mass is 16.3. The Bertz CT molecular complexity index is 504. The first-order valence-electron chi connectivity index (χ1n) is 5.73. The Kier molecular flexibility index (Phi) is 3.92. The quantitative estimate of drug-likeness (QED) is 0.663. The molecule has 2 heterocycles. The van der Waals surface area contributed by atoms with Crippen LogP contribution in [0.25, 0.3) is 0 Å². The maximum absolute atomic E-state index is 12.2. The number of aliphatic hydroxyl groups is 2. The number of amides is 1. The summed E-state index contributed by atoms with van der Waals surface area (Å²) in [7, 11) is 0. The highest BCUT2D eigenvalue weighted by Crippen LogP contribution is 2.15. The summed E-state index contributed by atoms with van der Waals surface area (Å²) in [5.41, 5.74) is 0.956. The lowest BCUT2D eigenvalue weighted by molar-refractivity contribution is 0.0764. The number of aromatic nitrogens is 1. The van der Waals surface area contributed by atoms with Crippen LogP contribution in [0.15, 0.2) is 18.5 Å². The second-order valence-electron chi connectivity index (χ2n) is 4.07. The van der Waals surface area contributed by atoms with Crippen molar-refractivity contribution in [3.05, 3.63) is 29.6 Å². The van der Waals surface area contributed by atoms with Crippen molar-refractivity contribution in [1.82, 2.24) is 9.88 Å². The number of nitrogens with zero attached hydrogens (tertiary/aromatic N) is 2. The number of aliphatic hydroxyl groups excluding tert-OH is 2. The molecule has 1 unspecified atom stereocenters. The van der Waals surface area contributed by atoms with Crippen molar-refractivity contribution in [3.63, 3.8) is 0 Å². The molecule has 0 spiro atoms. The Morgan fingerprint density at radius 1 is 1.61 bits per heavy atom. The molecule has 0 radical (unpaired) electrons. The van der Waals surface area contributed by atoms with E-state index in [4.69, 9.17) is 5.11 Å². The first kappa shape index (κ1) is 12.6. The molecule has 5 nitrogen and oxygen atoms in total. The van der Waals surface area contributed by atoms with Crippen LogP contribution in [0.4, 0.5) is 0 Å². The zero-order valence-corrected chi connectivity index (χ0v) is 9.83. The lowest BCUT2D eigenvalue weighted by Crippen LogP contribution is -2.30. The van der Waals surface area contributed by atoms with Crippen molar-refractivity contribution in [2.24, 2.45) is 0 Å². The van der Waals surface area contributed by atoms with Crippen molar-refractivity contribution < 1.29 is 15.0 Å². The Labute approximate surface area is 105 Å². The monoisotopic (exact) mass is 246 g/mol. The summed E-state index contributed by atoms with van der Waals surface area (Å²) >= 11 is 0. The van der Waals surface area contributed by atoms with Gasteiger partial charge in [-0.05, 0) is 12.5 Å². The molecule has 94 valence electrons. The van der Waals surface area contributed by atoms with Gasteiger partial charge in [-0.25, -0.2) is 0 Å². The van der Waals surface area contributed by atoms with E-state index >= 15 is 0 Å². The molecule has 1 aliphatic rings. The fourth-order valence-electron chi connectivity index (χ4n) is 1.91. The summed E-state index contributed by atoms with van der Waals surface area (Å²) in [6.07, 6.45) is 3.20. The molecule has 1 aromatic rings. The van der Waals surface area contributed by atoms with Gasteiger partial charge in [-0.2, -0.15) is 0 Å². The van der Waals surface area contributed by atoms with Crippen LogP contribution in [0.1, 0.15) is 22.3 Å². The first-order chi connectivity index (χ1) is 8.72. The van der Waals surface area contributed by atoms with Crippen molar-refractivity contribution in [3.8, 4) is 11.8 Å². The minimum Gasteiger partial charge on any atom is -0.391 e. The summed E-state index contributed by atoms with van der Waals surface area (Å²) in [4.78, 5) is 17.8. The lowest BCUT2D eigenvalue weighted by Gasteiger charge is -2.16. The van der Waals surface area contributed by atoms with E-state index < -0.39 is 6.10 Å². The Morgan fingerprint density at radius 2 is 2.44 bits per heavy atom. The number of carbonyl (C=O) groups is 1. The van der Waals surface area contributed by atoms with E-state index in [0.29, 0.717) is 30.6 Å². The molecule has 0 bridgehead atoms. The largest absolute Gasteiger partial charge is 0.391 e. The zero-order valence-electron chi connectivity index (χ0n) is 9.83. The van der Waals surface area contributed by atoms with Gasteiger partial charge in [0.2, 0.25) is 0 Å². The van der Waals surface area contributed by atoms with Crippen LogP contribution in [-0.2, 0) is 0 Å². The third-order valence-electron chi connectivity index (χ3n) is 2.80. The zero-order chi connectivity index (χ0) is 13.0. The summed E-state index contributed by atoms with van der Waals surface area (Å²) in [5.74, 6) is 5.05. The molecule has 5 heteroatoms. The van der Waals surface area contributed by atoms with Crippen LogP contribution in [-0.4, -0.2) is 51.8 Å². The van der Waals surface area contributed by atoms with Crippen molar-refractivity contribution >= 4 is 5.91 Å². The number of hydrogen-bond acceptors (Lipinski definition) is 4. The number of rotatable bonds is 1. The van der Waals surface area contributed by atoms with Gasteiger partial charge < -0.3 is 15.1 Å². The molecule has 1 aromatic heterocycles. The number of carbonyl (C=O) groups excluding carboxylic acids is 1. The van der Waals surface area contributed by atoms with Gasteiger partial charge in [0.25, 0.3) is 5.91 Å². The van der Waals surface area contributed by atoms with Crippen LogP contribution in [0.5, 0.6) is 0 Å². The molecular weight excluding hydrogens is 232 g/mol. The van der Waals surface area contributed by atoms with E-state index in [2.05, 4.69) is 16.8 Å². The van der Waals surface area contributed by atoms with E-state index in [1.54, 1.807) is 11.0 Å². The van der Waals surface area contributed by atoms with Gasteiger partial charge in [-0.1, -0.05) is 11.8 Å².